The van der Waals surface area contributed by atoms with Gasteiger partial charge >= 0.3 is 0 Å². The monoisotopic (exact) mass is 265 g/mol. The summed E-state index contributed by atoms with van der Waals surface area (Å²) in [5, 5.41) is 0. The summed E-state index contributed by atoms with van der Waals surface area (Å²) in [6.45, 7) is 6.62. The molecule has 0 aromatic carbocycles. The lowest BCUT2D eigenvalue weighted by Gasteiger charge is -2.05. The van der Waals surface area contributed by atoms with E-state index in [0.29, 0.717) is 0 Å². The number of nitrogens with one attached hydrogen (secondary N) is 1. The van der Waals surface area contributed by atoms with Gasteiger partial charge in [-0.1, -0.05) is 6.92 Å². The molecule has 0 saturated carbocycles. The van der Waals surface area contributed by atoms with Crippen LogP contribution in [-0.4, -0.2) is 27.7 Å². The molecule has 2 aromatic heterocycles. The Kier molecular flexibility index (Phi) is 4.49. The highest BCUT2D eigenvalue weighted by Crippen LogP contribution is 2.15. The molecule has 2 heterocycles. The number of fused-ring (bicyclic) bond motifs is 1. The minimum absolute atomic E-state index is 0.738. The molecule has 18 heavy (non-hydrogen) atoms. The Balaban J connectivity index is 2.11. The van der Waals surface area contributed by atoms with E-state index in [0.717, 1.165) is 48.5 Å². The Morgan fingerprint density at radius 3 is 3.06 bits per heavy atom. The standard InChI is InChI=1S/C13H19N3OS/c1-3-8-17-9-4-7-16-12-11(15-13(16)18)10(2)5-6-14-12/h5-6H,3-4,7-9H2,1-2H3,(H,15,18). The quantitative estimate of drug-likeness (QED) is 0.644. The van der Waals surface area contributed by atoms with Gasteiger partial charge < -0.3 is 14.3 Å². The third kappa shape index (κ3) is 2.79. The lowest BCUT2D eigenvalue weighted by molar-refractivity contribution is 0.129. The van der Waals surface area contributed by atoms with Gasteiger partial charge in [-0.3, -0.25) is 0 Å². The molecule has 0 amide bonds. The smallest absolute Gasteiger partial charge is 0.179 e. The molecule has 2 aromatic rings. The second-order valence-electron chi connectivity index (χ2n) is 4.37. The van der Waals surface area contributed by atoms with Gasteiger partial charge in [0.25, 0.3) is 0 Å². The third-order valence-corrected chi connectivity index (χ3v) is 3.21. The summed E-state index contributed by atoms with van der Waals surface area (Å²) in [5.74, 6) is 0. The maximum Gasteiger partial charge on any atom is 0.179 e. The van der Waals surface area contributed by atoms with Gasteiger partial charge in [0.05, 0.1) is 5.52 Å². The Bertz CT molecular complexity index is 573. The maximum atomic E-state index is 5.48. The summed E-state index contributed by atoms with van der Waals surface area (Å²) in [6.07, 6.45) is 3.84. The lowest BCUT2D eigenvalue weighted by Crippen LogP contribution is -2.04. The molecule has 0 unspecified atom stereocenters. The first-order valence-electron chi connectivity index (χ1n) is 6.36. The van der Waals surface area contributed by atoms with Gasteiger partial charge in [0.2, 0.25) is 0 Å². The van der Waals surface area contributed by atoms with Crippen LogP contribution >= 0.6 is 12.2 Å². The number of ether oxygens (including phenoxy) is 1. The first kappa shape index (κ1) is 13.2. The van der Waals surface area contributed by atoms with Crippen LogP contribution in [-0.2, 0) is 11.3 Å². The highest BCUT2D eigenvalue weighted by Gasteiger charge is 2.06. The number of nitrogens with zero attached hydrogens (tertiary/aromatic N) is 2. The number of pyridine rings is 1. The minimum Gasteiger partial charge on any atom is -0.381 e. The summed E-state index contributed by atoms with van der Waals surface area (Å²) < 4.78 is 8.27. The van der Waals surface area contributed by atoms with Gasteiger partial charge in [-0.15, -0.1) is 0 Å². The molecule has 98 valence electrons. The van der Waals surface area contributed by atoms with Crippen molar-refractivity contribution in [1.82, 2.24) is 14.5 Å². The van der Waals surface area contributed by atoms with Crippen LogP contribution in [0.3, 0.4) is 0 Å². The number of rotatable bonds is 6. The van der Waals surface area contributed by atoms with Crippen LogP contribution in [0.1, 0.15) is 25.3 Å². The van der Waals surface area contributed by atoms with Crippen LogP contribution in [0.15, 0.2) is 12.3 Å². The fourth-order valence-electron chi connectivity index (χ4n) is 1.95. The van der Waals surface area contributed by atoms with Crippen molar-refractivity contribution in [3.63, 3.8) is 0 Å². The normalized spacial score (nSPS) is 11.2. The molecule has 0 aliphatic heterocycles. The maximum absolute atomic E-state index is 5.48. The topological polar surface area (TPSA) is 42.8 Å². The zero-order valence-electron chi connectivity index (χ0n) is 10.9. The zero-order chi connectivity index (χ0) is 13.0. The molecule has 1 N–H and O–H groups in total. The molecular formula is C13H19N3OS. The van der Waals surface area contributed by atoms with E-state index in [1.807, 2.05) is 16.8 Å². The van der Waals surface area contributed by atoms with Crippen molar-refractivity contribution in [1.29, 1.82) is 0 Å². The van der Waals surface area contributed by atoms with Crippen molar-refractivity contribution >= 4 is 23.4 Å². The van der Waals surface area contributed by atoms with Crippen molar-refractivity contribution < 1.29 is 4.74 Å². The number of H-pyrrole nitrogens is 1. The molecule has 0 saturated heterocycles. The predicted molar refractivity (Wildman–Crippen MR) is 75.4 cm³/mol. The van der Waals surface area contributed by atoms with E-state index in [1.54, 1.807) is 0 Å². The molecule has 0 fully saturated rings. The molecule has 0 aliphatic carbocycles. The van der Waals surface area contributed by atoms with Crippen LogP contribution in [0.25, 0.3) is 11.2 Å². The minimum atomic E-state index is 0.738. The van der Waals surface area contributed by atoms with Crippen LogP contribution < -0.4 is 0 Å². The number of aryl methyl sites for hydroxylation is 2. The number of hydrogen-bond acceptors (Lipinski definition) is 3. The molecular weight excluding hydrogens is 246 g/mol. The predicted octanol–water partition coefficient (Wildman–Crippen LogP) is 3.22. The summed E-state index contributed by atoms with van der Waals surface area (Å²) in [6, 6.07) is 1.99. The molecule has 0 aliphatic rings. The molecule has 4 nitrogen and oxygen atoms in total. The largest absolute Gasteiger partial charge is 0.381 e. The second-order valence-corrected chi connectivity index (χ2v) is 4.76. The summed E-state index contributed by atoms with van der Waals surface area (Å²) >= 11 is 5.34. The lowest BCUT2D eigenvalue weighted by atomic mass is 10.3. The number of hydrogen-bond donors (Lipinski definition) is 1. The van der Waals surface area contributed by atoms with Crippen molar-refractivity contribution in [3.05, 3.63) is 22.6 Å². The molecule has 2 rings (SSSR count). The van der Waals surface area contributed by atoms with Crippen LogP contribution in [0.2, 0.25) is 0 Å². The van der Waals surface area contributed by atoms with Gasteiger partial charge in [-0.05, 0) is 43.6 Å². The molecule has 5 heteroatoms. The van der Waals surface area contributed by atoms with E-state index in [2.05, 4.69) is 23.8 Å². The van der Waals surface area contributed by atoms with E-state index in [4.69, 9.17) is 17.0 Å². The van der Waals surface area contributed by atoms with Crippen molar-refractivity contribution in [2.24, 2.45) is 0 Å². The SMILES string of the molecule is CCCOCCCn1c(=S)[nH]c2c(C)ccnc21. The van der Waals surface area contributed by atoms with Crippen molar-refractivity contribution in [2.75, 3.05) is 13.2 Å². The highest BCUT2D eigenvalue weighted by molar-refractivity contribution is 7.71. The Labute approximate surface area is 112 Å². The van der Waals surface area contributed by atoms with Gasteiger partial charge in [0, 0.05) is 26.0 Å². The van der Waals surface area contributed by atoms with Crippen LogP contribution in [0, 0.1) is 11.7 Å². The third-order valence-electron chi connectivity index (χ3n) is 2.89. The van der Waals surface area contributed by atoms with Gasteiger partial charge in [0.15, 0.2) is 10.4 Å². The molecule has 0 atom stereocenters. The molecule has 0 bridgehead atoms. The van der Waals surface area contributed by atoms with Gasteiger partial charge in [-0.25, -0.2) is 4.98 Å². The second kappa shape index (κ2) is 6.11. The zero-order valence-corrected chi connectivity index (χ0v) is 11.7. The Morgan fingerprint density at radius 1 is 1.44 bits per heavy atom. The highest BCUT2D eigenvalue weighted by atomic mass is 32.1. The van der Waals surface area contributed by atoms with E-state index >= 15 is 0 Å². The van der Waals surface area contributed by atoms with Crippen LogP contribution in [0.4, 0.5) is 0 Å². The average molecular weight is 265 g/mol. The molecule has 0 radical (unpaired) electrons. The van der Waals surface area contributed by atoms with E-state index < -0.39 is 0 Å². The summed E-state index contributed by atoms with van der Waals surface area (Å²) in [7, 11) is 0. The van der Waals surface area contributed by atoms with E-state index in [9.17, 15) is 0 Å². The number of aromatic nitrogens is 3. The van der Waals surface area contributed by atoms with Gasteiger partial charge in [-0.2, -0.15) is 0 Å². The number of aromatic amines is 1. The van der Waals surface area contributed by atoms with Crippen molar-refractivity contribution in [3.8, 4) is 0 Å². The average Bonchev–Trinajstić information content (AvgIpc) is 2.68. The van der Waals surface area contributed by atoms with E-state index in [1.165, 1.54) is 5.56 Å². The van der Waals surface area contributed by atoms with Crippen molar-refractivity contribution in [2.45, 2.75) is 33.2 Å². The number of imidazole rings is 1. The molecule has 0 spiro atoms. The summed E-state index contributed by atoms with van der Waals surface area (Å²) in [4.78, 5) is 7.62. The fourth-order valence-corrected chi connectivity index (χ4v) is 2.23. The Morgan fingerprint density at radius 2 is 2.28 bits per heavy atom. The van der Waals surface area contributed by atoms with Crippen LogP contribution in [0.5, 0.6) is 0 Å². The van der Waals surface area contributed by atoms with E-state index in [-0.39, 0.29) is 0 Å². The van der Waals surface area contributed by atoms with Gasteiger partial charge in [0.1, 0.15) is 0 Å². The Hall–Kier alpha value is -1.20. The first-order chi connectivity index (χ1) is 8.74. The first-order valence-corrected chi connectivity index (χ1v) is 6.76. The summed E-state index contributed by atoms with van der Waals surface area (Å²) in [5.41, 5.74) is 3.15. The fraction of sp³-hybridized carbons (Fsp3) is 0.538.